The Morgan fingerprint density at radius 1 is 1.21 bits per heavy atom. The van der Waals surface area contributed by atoms with Crippen molar-refractivity contribution in [2.24, 2.45) is 0 Å². The molecule has 0 N–H and O–H groups in total. The second-order valence-electron chi connectivity index (χ2n) is 5.07. The van der Waals surface area contributed by atoms with Gasteiger partial charge >= 0.3 is 0 Å². The second kappa shape index (κ2) is 5.83. The van der Waals surface area contributed by atoms with Crippen LogP contribution in [0, 0.1) is 13.8 Å². The summed E-state index contributed by atoms with van der Waals surface area (Å²) in [5, 5.41) is 2.23. The van der Waals surface area contributed by atoms with Crippen LogP contribution in [0.2, 0.25) is 0 Å². The van der Waals surface area contributed by atoms with Gasteiger partial charge in [0.05, 0.1) is 0 Å². The van der Waals surface area contributed by atoms with Gasteiger partial charge in [0.25, 0.3) is 0 Å². The lowest BCUT2D eigenvalue weighted by Gasteiger charge is -2.08. The number of carbonyl (C=O) groups excluding carboxylic acids is 1. The predicted octanol–water partition coefficient (Wildman–Crippen LogP) is 5.00. The summed E-state index contributed by atoms with van der Waals surface area (Å²) in [4.78, 5) is 12.3. The average Bonchev–Trinajstić information content (AvgIpc) is 2.39. The highest BCUT2D eigenvalue weighted by atomic mass is 16.1. The molecular weight excluding hydrogens is 232 g/mol. The summed E-state index contributed by atoms with van der Waals surface area (Å²) < 4.78 is 0. The van der Waals surface area contributed by atoms with E-state index in [-0.39, 0.29) is 5.78 Å². The molecule has 0 saturated heterocycles. The van der Waals surface area contributed by atoms with Crippen molar-refractivity contribution in [2.75, 3.05) is 0 Å². The zero-order valence-corrected chi connectivity index (χ0v) is 11.7. The first kappa shape index (κ1) is 13.5. The van der Waals surface area contributed by atoms with Crippen LogP contribution < -0.4 is 0 Å². The largest absolute Gasteiger partial charge is 0.294 e. The van der Waals surface area contributed by atoms with Crippen LogP contribution in [0.3, 0.4) is 0 Å². The minimum atomic E-state index is 0.232. The van der Waals surface area contributed by atoms with Crippen molar-refractivity contribution in [2.45, 2.75) is 33.1 Å². The molecule has 1 heteroatoms. The summed E-state index contributed by atoms with van der Waals surface area (Å²) in [6.45, 7) is 7.89. The van der Waals surface area contributed by atoms with E-state index in [2.05, 4.69) is 38.6 Å². The lowest BCUT2D eigenvalue weighted by molar-refractivity contribution is 0.0982. The molecule has 0 aromatic heterocycles. The Bertz CT molecular complexity index is 623. The molecule has 0 aliphatic carbocycles. The standard InChI is InChI=1S/C18H20O/c1-4-5-6-10-18(19)16-9-7-8-15-11-13(2)14(3)12-17(15)16/h4,7-9,11-12H,1,5-6,10H2,2-3H3. The monoisotopic (exact) mass is 252 g/mol. The number of carbonyl (C=O) groups is 1. The van der Waals surface area contributed by atoms with Gasteiger partial charge in [-0.3, -0.25) is 4.79 Å². The molecule has 1 nitrogen and oxygen atoms in total. The third-order valence-corrected chi connectivity index (χ3v) is 3.61. The Morgan fingerprint density at radius 3 is 2.68 bits per heavy atom. The topological polar surface area (TPSA) is 17.1 Å². The molecule has 2 aromatic rings. The minimum absolute atomic E-state index is 0.232. The number of unbranched alkanes of at least 4 members (excludes halogenated alkanes) is 1. The highest BCUT2D eigenvalue weighted by Crippen LogP contribution is 2.24. The fourth-order valence-electron chi connectivity index (χ4n) is 2.33. The van der Waals surface area contributed by atoms with Crippen molar-refractivity contribution in [3.05, 3.63) is 59.7 Å². The maximum absolute atomic E-state index is 12.3. The Kier molecular flexibility index (Phi) is 4.16. The molecule has 0 spiro atoms. The Hall–Kier alpha value is -1.89. The van der Waals surface area contributed by atoms with Crippen LogP contribution in [-0.4, -0.2) is 5.78 Å². The molecule has 0 fully saturated rings. The van der Waals surface area contributed by atoms with Gasteiger partial charge in [0, 0.05) is 12.0 Å². The van der Waals surface area contributed by atoms with Gasteiger partial charge in [-0.25, -0.2) is 0 Å². The van der Waals surface area contributed by atoms with Crippen LogP contribution in [-0.2, 0) is 0 Å². The van der Waals surface area contributed by atoms with E-state index in [0.717, 1.165) is 29.2 Å². The van der Waals surface area contributed by atoms with E-state index in [1.807, 2.05) is 18.2 Å². The van der Waals surface area contributed by atoms with Crippen LogP contribution in [0.1, 0.15) is 40.7 Å². The maximum atomic E-state index is 12.3. The van der Waals surface area contributed by atoms with Gasteiger partial charge in [0.15, 0.2) is 5.78 Å². The number of aryl methyl sites for hydroxylation is 2. The fraction of sp³-hybridized carbons (Fsp3) is 0.278. The number of ketones is 1. The molecule has 0 radical (unpaired) electrons. The molecule has 98 valence electrons. The smallest absolute Gasteiger partial charge is 0.163 e. The van der Waals surface area contributed by atoms with Crippen molar-refractivity contribution < 1.29 is 4.79 Å². The first-order valence-corrected chi connectivity index (χ1v) is 6.77. The zero-order chi connectivity index (χ0) is 13.8. The van der Waals surface area contributed by atoms with E-state index in [9.17, 15) is 4.79 Å². The number of Topliss-reactive ketones (excluding diaryl/α,β-unsaturated/α-hetero) is 1. The number of hydrogen-bond donors (Lipinski definition) is 0. The third kappa shape index (κ3) is 2.93. The fourth-order valence-corrected chi connectivity index (χ4v) is 2.33. The highest BCUT2D eigenvalue weighted by molar-refractivity contribution is 6.08. The van der Waals surface area contributed by atoms with Gasteiger partial charge in [0.1, 0.15) is 0 Å². The Labute approximate surface area is 115 Å². The average molecular weight is 252 g/mol. The van der Waals surface area contributed by atoms with Crippen LogP contribution in [0.15, 0.2) is 43.0 Å². The van der Waals surface area contributed by atoms with Gasteiger partial charge in [-0.15, -0.1) is 6.58 Å². The van der Waals surface area contributed by atoms with E-state index in [0.29, 0.717) is 6.42 Å². The van der Waals surface area contributed by atoms with Gasteiger partial charge in [-0.2, -0.15) is 0 Å². The van der Waals surface area contributed by atoms with Crippen LogP contribution in [0.4, 0.5) is 0 Å². The van der Waals surface area contributed by atoms with Crippen molar-refractivity contribution >= 4 is 16.6 Å². The van der Waals surface area contributed by atoms with E-state index in [4.69, 9.17) is 0 Å². The lowest BCUT2D eigenvalue weighted by Crippen LogP contribution is -2.00. The number of fused-ring (bicyclic) bond motifs is 1. The van der Waals surface area contributed by atoms with Gasteiger partial charge in [-0.05, 0) is 48.6 Å². The number of hydrogen-bond acceptors (Lipinski definition) is 1. The van der Waals surface area contributed by atoms with E-state index < -0.39 is 0 Å². The summed E-state index contributed by atoms with van der Waals surface area (Å²) in [6.07, 6.45) is 4.24. The molecule has 2 rings (SSSR count). The van der Waals surface area contributed by atoms with Crippen LogP contribution >= 0.6 is 0 Å². The summed E-state index contributed by atoms with van der Waals surface area (Å²) in [7, 11) is 0. The second-order valence-corrected chi connectivity index (χ2v) is 5.07. The molecule has 0 bridgehead atoms. The molecule has 0 aliphatic rings. The van der Waals surface area contributed by atoms with Crippen molar-refractivity contribution in [3.63, 3.8) is 0 Å². The molecule has 0 heterocycles. The van der Waals surface area contributed by atoms with Crippen molar-refractivity contribution in [1.82, 2.24) is 0 Å². The molecule has 0 atom stereocenters. The molecular formula is C18H20O. The normalized spacial score (nSPS) is 10.6. The minimum Gasteiger partial charge on any atom is -0.294 e. The molecule has 19 heavy (non-hydrogen) atoms. The molecule has 2 aromatic carbocycles. The maximum Gasteiger partial charge on any atom is 0.163 e. The number of allylic oxidation sites excluding steroid dienone is 1. The lowest BCUT2D eigenvalue weighted by atomic mass is 9.95. The van der Waals surface area contributed by atoms with E-state index in [1.54, 1.807) is 0 Å². The number of rotatable bonds is 5. The first-order valence-electron chi connectivity index (χ1n) is 6.77. The molecule has 0 unspecified atom stereocenters. The summed E-state index contributed by atoms with van der Waals surface area (Å²) in [5.74, 6) is 0.232. The summed E-state index contributed by atoms with van der Waals surface area (Å²) in [5.41, 5.74) is 3.35. The van der Waals surface area contributed by atoms with E-state index in [1.165, 1.54) is 11.1 Å². The SMILES string of the molecule is C=CCCCC(=O)c1cccc2cc(C)c(C)cc12. The van der Waals surface area contributed by atoms with Crippen LogP contribution in [0.25, 0.3) is 10.8 Å². The highest BCUT2D eigenvalue weighted by Gasteiger charge is 2.10. The van der Waals surface area contributed by atoms with Crippen molar-refractivity contribution in [3.8, 4) is 0 Å². The first-order chi connectivity index (χ1) is 9.13. The summed E-state index contributed by atoms with van der Waals surface area (Å²) >= 11 is 0. The van der Waals surface area contributed by atoms with E-state index >= 15 is 0 Å². The quantitative estimate of drug-likeness (QED) is 0.416. The molecule has 0 saturated carbocycles. The van der Waals surface area contributed by atoms with Gasteiger partial charge in [0.2, 0.25) is 0 Å². The molecule has 0 amide bonds. The number of benzene rings is 2. The predicted molar refractivity (Wildman–Crippen MR) is 81.8 cm³/mol. The summed E-state index contributed by atoms with van der Waals surface area (Å²) in [6, 6.07) is 10.3. The van der Waals surface area contributed by atoms with Crippen LogP contribution in [0.5, 0.6) is 0 Å². The van der Waals surface area contributed by atoms with Gasteiger partial charge < -0.3 is 0 Å². The zero-order valence-electron chi connectivity index (χ0n) is 11.7. The Morgan fingerprint density at radius 2 is 1.95 bits per heavy atom. The molecule has 0 aliphatic heterocycles. The third-order valence-electron chi connectivity index (χ3n) is 3.61. The Balaban J connectivity index is 2.40. The van der Waals surface area contributed by atoms with Crippen molar-refractivity contribution in [1.29, 1.82) is 0 Å². The van der Waals surface area contributed by atoms with Gasteiger partial charge in [-0.1, -0.05) is 36.4 Å².